The Morgan fingerprint density at radius 1 is 1.46 bits per heavy atom. The highest BCUT2D eigenvalue weighted by atomic mass is 14.7. The lowest BCUT2D eigenvalue weighted by Crippen LogP contribution is -2.14. The molecule has 2 N–H and O–H groups in total. The Labute approximate surface area is 80.2 Å². The first kappa shape index (κ1) is 10.2. The predicted octanol–water partition coefficient (Wildman–Crippen LogP) is 2.06. The van der Waals surface area contributed by atoms with Crippen LogP contribution in [0, 0.1) is 6.92 Å². The number of hydrogen-bond donors (Lipinski definition) is 1. The topological polar surface area (TPSA) is 38.9 Å². The van der Waals surface area contributed by atoms with E-state index in [-0.39, 0.29) is 0 Å². The van der Waals surface area contributed by atoms with Gasteiger partial charge in [-0.25, -0.2) is 0 Å². The molecular formula is C11H18N2. The lowest BCUT2D eigenvalue weighted by atomic mass is 10.1. The van der Waals surface area contributed by atoms with Crippen molar-refractivity contribution in [2.75, 3.05) is 0 Å². The van der Waals surface area contributed by atoms with Crippen LogP contribution in [0.2, 0.25) is 0 Å². The summed E-state index contributed by atoms with van der Waals surface area (Å²) in [6.45, 7) is 4.05. The summed E-state index contributed by atoms with van der Waals surface area (Å²) < 4.78 is 0. The molecule has 1 aromatic heterocycles. The van der Waals surface area contributed by atoms with Crippen LogP contribution in [0.25, 0.3) is 0 Å². The maximum absolute atomic E-state index is 5.67. The Bertz CT molecular complexity index is 239. The highest BCUT2D eigenvalue weighted by molar-refractivity contribution is 5.12. The molecule has 0 unspecified atom stereocenters. The quantitative estimate of drug-likeness (QED) is 0.766. The second-order valence-corrected chi connectivity index (χ2v) is 3.68. The molecule has 0 radical (unpaired) electrons. The predicted molar refractivity (Wildman–Crippen MR) is 55.6 cm³/mol. The van der Waals surface area contributed by atoms with Gasteiger partial charge in [-0.1, -0.05) is 6.07 Å². The van der Waals surface area contributed by atoms with E-state index in [0.717, 1.165) is 25.0 Å². The Kier molecular flexibility index (Phi) is 3.90. The highest BCUT2D eigenvalue weighted by Crippen LogP contribution is 2.05. The zero-order chi connectivity index (χ0) is 9.68. The summed E-state index contributed by atoms with van der Waals surface area (Å²) in [7, 11) is 0. The van der Waals surface area contributed by atoms with Crippen molar-refractivity contribution in [1.29, 1.82) is 0 Å². The van der Waals surface area contributed by atoms with Crippen molar-refractivity contribution < 1.29 is 0 Å². The molecule has 0 aliphatic heterocycles. The van der Waals surface area contributed by atoms with Crippen molar-refractivity contribution in [1.82, 2.24) is 4.98 Å². The van der Waals surface area contributed by atoms with E-state index in [1.165, 1.54) is 5.56 Å². The van der Waals surface area contributed by atoms with E-state index in [2.05, 4.69) is 17.1 Å². The van der Waals surface area contributed by atoms with E-state index in [4.69, 9.17) is 5.73 Å². The molecule has 0 saturated heterocycles. The zero-order valence-electron chi connectivity index (χ0n) is 8.46. The first-order chi connectivity index (χ1) is 6.18. The maximum atomic E-state index is 5.67. The first-order valence-electron chi connectivity index (χ1n) is 4.85. The molecule has 2 nitrogen and oxygen atoms in total. The van der Waals surface area contributed by atoms with Crippen molar-refractivity contribution in [2.45, 2.75) is 39.2 Å². The number of hydrogen-bond acceptors (Lipinski definition) is 2. The molecule has 0 aromatic carbocycles. The minimum atomic E-state index is 0.318. The van der Waals surface area contributed by atoms with E-state index >= 15 is 0 Å². The first-order valence-corrected chi connectivity index (χ1v) is 4.85. The van der Waals surface area contributed by atoms with Gasteiger partial charge in [0.1, 0.15) is 0 Å². The SMILES string of the molecule is Cc1ccc(CCC[C@@H](C)N)cn1. The van der Waals surface area contributed by atoms with Crippen LogP contribution in [0.1, 0.15) is 31.0 Å². The lowest BCUT2D eigenvalue weighted by molar-refractivity contribution is 0.623. The van der Waals surface area contributed by atoms with E-state index in [9.17, 15) is 0 Å². The molecule has 1 atom stereocenters. The average Bonchev–Trinajstić information content (AvgIpc) is 2.08. The summed E-state index contributed by atoms with van der Waals surface area (Å²) in [6, 6.07) is 4.52. The van der Waals surface area contributed by atoms with Crippen LogP contribution in [-0.2, 0) is 6.42 Å². The third kappa shape index (κ3) is 4.04. The molecule has 0 saturated carbocycles. The molecular weight excluding hydrogens is 160 g/mol. The molecule has 0 amide bonds. The van der Waals surface area contributed by atoms with Crippen LogP contribution >= 0.6 is 0 Å². The average molecular weight is 178 g/mol. The number of nitrogens with two attached hydrogens (primary N) is 1. The van der Waals surface area contributed by atoms with E-state index < -0.39 is 0 Å². The van der Waals surface area contributed by atoms with Crippen molar-refractivity contribution >= 4 is 0 Å². The van der Waals surface area contributed by atoms with Gasteiger partial charge in [-0.15, -0.1) is 0 Å². The normalized spacial score (nSPS) is 12.8. The Balaban J connectivity index is 2.33. The molecule has 0 aliphatic rings. The molecule has 13 heavy (non-hydrogen) atoms. The number of pyridine rings is 1. The standard InChI is InChI=1S/C11H18N2/c1-9(12)4-3-5-11-7-6-10(2)13-8-11/h6-9H,3-5,12H2,1-2H3/t9-/m1/s1. The van der Waals surface area contributed by atoms with Crippen LogP contribution in [0.15, 0.2) is 18.3 Å². The minimum absolute atomic E-state index is 0.318. The fourth-order valence-electron chi connectivity index (χ4n) is 1.27. The molecule has 0 bridgehead atoms. The molecule has 1 heterocycles. The zero-order valence-corrected chi connectivity index (χ0v) is 8.46. The monoisotopic (exact) mass is 178 g/mol. The third-order valence-corrected chi connectivity index (χ3v) is 2.10. The number of aromatic nitrogens is 1. The summed E-state index contributed by atoms with van der Waals surface area (Å²) in [4.78, 5) is 4.25. The van der Waals surface area contributed by atoms with Gasteiger partial charge in [-0.2, -0.15) is 0 Å². The fourth-order valence-corrected chi connectivity index (χ4v) is 1.27. The summed E-state index contributed by atoms with van der Waals surface area (Å²) in [5, 5.41) is 0. The molecule has 72 valence electrons. The molecule has 1 aromatic rings. The third-order valence-electron chi connectivity index (χ3n) is 2.10. The Morgan fingerprint density at radius 2 is 2.23 bits per heavy atom. The van der Waals surface area contributed by atoms with Crippen LogP contribution in [0.4, 0.5) is 0 Å². The van der Waals surface area contributed by atoms with E-state index in [0.29, 0.717) is 6.04 Å². The van der Waals surface area contributed by atoms with Gasteiger partial charge in [0, 0.05) is 17.9 Å². The van der Waals surface area contributed by atoms with Gasteiger partial charge < -0.3 is 5.73 Å². The molecule has 0 fully saturated rings. The molecule has 0 spiro atoms. The second-order valence-electron chi connectivity index (χ2n) is 3.68. The van der Waals surface area contributed by atoms with Crippen molar-refractivity contribution in [3.8, 4) is 0 Å². The van der Waals surface area contributed by atoms with Gasteiger partial charge in [0.25, 0.3) is 0 Å². The van der Waals surface area contributed by atoms with Gasteiger partial charge in [-0.05, 0) is 44.7 Å². The molecule has 2 heteroatoms. The summed E-state index contributed by atoms with van der Waals surface area (Å²) >= 11 is 0. The largest absolute Gasteiger partial charge is 0.328 e. The maximum Gasteiger partial charge on any atom is 0.0372 e. The summed E-state index contributed by atoms with van der Waals surface area (Å²) in [5.74, 6) is 0. The Hall–Kier alpha value is -0.890. The second kappa shape index (κ2) is 4.97. The van der Waals surface area contributed by atoms with Crippen molar-refractivity contribution in [2.24, 2.45) is 5.73 Å². The van der Waals surface area contributed by atoms with Crippen LogP contribution < -0.4 is 5.73 Å². The molecule has 0 aliphatic carbocycles. The number of rotatable bonds is 4. The van der Waals surface area contributed by atoms with Gasteiger partial charge >= 0.3 is 0 Å². The van der Waals surface area contributed by atoms with Crippen molar-refractivity contribution in [3.05, 3.63) is 29.6 Å². The summed E-state index contributed by atoms with van der Waals surface area (Å²) in [5.41, 5.74) is 8.06. The van der Waals surface area contributed by atoms with Gasteiger partial charge in [0.15, 0.2) is 0 Å². The van der Waals surface area contributed by atoms with Gasteiger partial charge in [-0.3, -0.25) is 4.98 Å². The summed E-state index contributed by atoms with van der Waals surface area (Å²) in [6.07, 6.45) is 5.29. The van der Waals surface area contributed by atoms with Gasteiger partial charge in [0.05, 0.1) is 0 Å². The van der Waals surface area contributed by atoms with E-state index in [1.807, 2.05) is 20.0 Å². The smallest absolute Gasteiger partial charge is 0.0372 e. The number of aryl methyl sites for hydroxylation is 2. The Morgan fingerprint density at radius 3 is 2.77 bits per heavy atom. The molecule has 1 rings (SSSR count). The van der Waals surface area contributed by atoms with Crippen molar-refractivity contribution in [3.63, 3.8) is 0 Å². The number of nitrogens with zero attached hydrogens (tertiary/aromatic N) is 1. The van der Waals surface area contributed by atoms with Crippen LogP contribution in [0.3, 0.4) is 0 Å². The highest BCUT2D eigenvalue weighted by Gasteiger charge is 1.96. The van der Waals surface area contributed by atoms with E-state index in [1.54, 1.807) is 0 Å². The lowest BCUT2D eigenvalue weighted by Gasteiger charge is -2.04. The fraction of sp³-hybridized carbons (Fsp3) is 0.545. The van der Waals surface area contributed by atoms with Crippen LogP contribution in [-0.4, -0.2) is 11.0 Å². The minimum Gasteiger partial charge on any atom is -0.328 e. The van der Waals surface area contributed by atoms with Gasteiger partial charge in [0.2, 0.25) is 0 Å². The van der Waals surface area contributed by atoms with Crippen LogP contribution in [0.5, 0.6) is 0 Å².